The van der Waals surface area contributed by atoms with E-state index in [0.29, 0.717) is 16.6 Å². The van der Waals surface area contributed by atoms with E-state index in [-0.39, 0.29) is 16.7 Å². The van der Waals surface area contributed by atoms with E-state index in [1.165, 1.54) is 46.9 Å². The lowest BCUT2D eigenvalue weighted by atomic mass is 9.95. The van der Waals surface area contributed by atoms with Crippen LogP contribution in [-0.4, -0.2) is 26.8 Å². The molecule has 2 aromatic heterocycles. The second kappa shape index (κ2) is 7.05. The summed E-state index contributed by atoms with van der Waals surface area (Å²) in [4.78, 5) is 29.9. The Balaban J connectivity index is 1.71. The molecule has 1 N–H and O–H groups in total. The SMILES string of the molecule is CC(Sc1nc2sccc2c(=O)n1C)C(=O)NC1CCCCC1. The van der Waals surface area contributed by atoms with E-state index in [9.17, 15) is 9.59 Å². The van der Waals surface area contributed by atoms with Crippen LogP contribution in [0.5, 0.6) is 0 Å². The van der Waals surface area contributed by atoms with Crippen molar-refractivity contribution in [2.24, 2.45) is 7.05 Å². The Bertz CT molecular complexity index is 762. The second-order valence-corrected chi connectivity index (χ2v) is 8.20. The van der Waals surface area contributed by atoms with E-state index in [1.807, 2.05) is 12.3 Å². The lowest BCUT2D eigenvalue weighted by Gasteiger charge is -2.24. The molecule has 0 aliphatic heterocycles. The van der Waals surface area contributed by atoms with Crippen molar-refractivity contribution in [1.82, 2.24) is 14.9 Å². The third-order valence-electron chi connectivity index (χ3n) is 4.27. The van der Waals surface area contributed by atoms with Gasteiger partial charge in [0.15, 0.2) is 5.16 Å². The first kappa shape index (κ1) is 16.5. The number of hydrogen-bond acceptors (Lipinski definition) is 5. The number of amides is 1. The molecule has 23 heavy (non-hydrogen) atoms. The number of fused-ring (bicyclic) bond motifs is 1. The lowest BCUT2D eigenvalue weighted by molar-refractivity contribution is -0.121. The molecule has 0 saturated heterocycles. The van der Waals surface area contributed by atoms with E-state index in [4.69, 9.17) is 0 Å². The molecular weight excluding hydrogens is 330 g/mol. The summed E-state index contributed by atoms with van der Waals surface area (Å²) in [5, 5.41) is 5.96. The molecule has 1 aliphatic rings. The smallest absolute Gasteiger partial charge is 0.262 e. The van der Waals surface area contributed by atoms with Crippen molar-refractivity contribution in [3.05, 3.63) is 21.8 Å². The molecule has 124 valence electrons. The predicted molar refractivity (Wildman–Crippen MR) is 95.2 cm³/mol. The fraction of sp³-hybridized carbons (Fsp3) is 0.562. The zero-order valence-corrected chi connectivity index (χ0v) is 15.0. The molecule has 0 bridgehead atoms. The number of rotatable bonds is 4. The minimum atomic E-state index is -0.271. The Morgan fingerprint density at radius 2 is 2.17 bits per heavy atom. The predicted octanol–water partition coefficient (Wildman–Crippen LogP) is 2.92. The Morgan fingerprint density at radius 3 is 2.91 bits per heavy atom. The molecule has 1 saturated carbocycles. The highest BCUT2D eigenvalue weighted by Gasteiger charge is 2.22. The number of carbonyl (C=O) groups excluding carboxylic acids is 1. The number of carbonyl (C=O) groups is 1. The molecule has 5 nitrogen and oxygen atoms in total. The maximum absolute atomic E-state index is 12.4. The summed E-state index contributed by atoms with van der Waals surface area (Å²) in [5.74, 6) is 0.0300. The second-order valence-electron chi connectivity index (χ2n) is 6.00. The van der Waals surface area contributed by atoms with Gasteiger partial charge in [-0.05, 0) is 31.2 Å². The summed E-state index contributed by atoms with van der Waals surface area (Å²) >= 11 is 2.80. The van der Waals surface area contributed by atoms with Crippen molar-refractivity contribution >= 4 is 39.2 Å². The standard InChI is InChI=1S/C16H21N3O2S2/c1-10(13(20)17-11-6-4-3-5-7-11)23-16-18-14-12(8-9-22-14)15(21)19(16)2/h8-11H,3-7H2,1-2H3,(H,17,20). The van der Waals surface area contributed by atoms with Gasteiger partial charge in [0, 0.05) is 13.1 Å². The molecule has 1 unspecified atom stereocenters. The van der Waals surface area contributed by atoms with Crippen molar-refractivity contribution < 1.29 is 4.79 Å². The molecule has 2 aromatic rings. The van der Waals surface area contributed by atoms with Gasteiger partial charge >= 0.3 is 0 Å². The van der Waals surface area contributed by atoms with Gasteiger partial charge in [-0.25, -0.2) is 4.98 Å². The van der Waals surface area contributed by atoms with Crippen LogP contribution in [0, 0.1) is 0 Å². The topological polar surface area (TPSA) is 64.0 Å². The number of hydrogen-bond donors (Lipinski definition) is 1. The minimum Gasteiger partial charge on any atom is -0.352 e. The van der Waals surface area contributed by atoms with Gasteiger partial charge in [-0.3, -0.25) is 14.2 Å². The molecule has 3 rings (SSSR count). The molecule has 0 radical (unpaired) electrons. The lowest BCUT2D eigenvalue weighted by Crippen LogP contribution is -2.40. The molecule has 1 fully saturated rings. The van der Waals surface area contributed by atoms with Crippen LogP contribution >= 0.6 is 23.1 Å². The summed E-state index contributed by atoms with van der Waals surface area (Å²) in [5.41, 5.74) is -0.0568. The summed E-state index contributed by atoms with van der Waals surface area (Å²) in [6.45, 7) is 1.87. The summed E-state index contributed by atoms with van der Waals surface area (Å²) in [6.07, 6.45) is 5.79. The van der Waals surface area contributed by atoms with Gasteiger partial charge in [-0.2, -0.15) is 0 Å². The monoisotopic (exact) mass is 351 g/mol. The highest BCUT2D eigenvalue weighted by atomic mass is 32.2. The van der Waals surface area contributed by atoms with Crippen molar-refractivity contribution in [2.45, 2.75) is 55.5 Å². The van der Waals surface area contributed by atoms with Gasteiger partial charge in [0.1, 0.15) is 4.83 Å². The maximum Gasteiger partial charge on any atom is 0.262 e. The van der Waals surface area contributed by atoms with E-state index in [2.05, 4.69) is 10.3 Å². The van der Waals surface area contributed by atoms with Gasteiger partial charge in [-0.15, -0.1) is 11.3 Å². The molecule has 7 heteroatoms. The quantitative estimate of drug-likeness (QED) is 0.679. The third-order valence-corrected chi connectivity index (χ3v) is 6.22. The van der Waals surface area contributed by atoms with Crippen LogP contribution in [0.3, 0.4) is 0 Å². The average molecular weight is 351 g/mol. The van der Waals surface area contributed by atoms with Crippen LogP contribution in [-0.2, 0) is 11.8 Å². The van der Waals surface area contributed by atoms with Gasteiger partial charge in [0.25, 0.3) is 5.56 Å². The largest absolute Gasteiger partial charge is 0.352 e. The fourth-order valence-corrected chi connectivity index (χ4v) is 4.55. The summed E-state index contributed by atoms with van der Waals surface area (Å²) in [7, 11) is 1.71. The van der Waals surface area contributed by atoms with Crippen molar-refractivity contribution in [1.29, 1.82) is 0 Å². The molecule has 1 aliphatic carbocycles. The zero-order chi connectivity index (χ0) is 16.4. The number of nitrogens with one attached hydrogen (secondary N) is 1. The van der Waals surface area contributed by atoms with Crippen molar-refractivity contribution in [3.63, 3.8) is 0 Å². The average Bonchev–Trinajstić information content (AvgIpc) is 3.01. The number of aromatic nitrogens is 2. The van der Waals surface area contributed by atoms with Crippen molar-refractivity contribution in [3.8, 4) is 0 Å². The molecule has 1 atom stereocenters. The minimum absolute atomic E-state index is 0.0300. The van der Waals surface area contributed by atoms with E-state index < -0.39 is 0 Å². The van der Waals surface area contributed by atoms with Crippen LogP contribution < -0.4 is 10.9 Å². The van der Waals surface area contributed by atoms with Crippen LogP contribution in [0.25, 0.3) is 10.2 Å². The first-order chi connectivity index (χ1) is 11.1. The molecule has 0 aromatic carbocycles. The molecule has 0 spiro atoms. The van der Waals surface area contributed by atoms with Crippen LogP contribution in [0.15, 0.2) is 21.4 Å². The van der Waals surface area contributed by atoms with E-state index >= 15 is 0 Å². The van der Waals surface area contributed by atoms with Gasteiger partial charge < -0.3 is 5.32 Å². The Hall–Kier alpha value is -1.34. The maximum atomic E-state index is 12.4. The fourth-order valence-electron chi connectivity index (χ4n) is 2.86. The number of thiophene rings is 1. The Morgan fingerprint density at radius 1 is 1.43 bits per heavy atom. The number of nitrogens with zero attached hydrogens (tertiary/aromatic N) is 2. The first-order valence-corrected chi connectivity index (χ1v) is 9.73. The normalized spacial score (nSPS) is 17.3. The van der Waals surface area contributed by atoms with Gasteiger partial charge in [0.2, 0.25) is 5.91 Å². The van der Waals surface area contributed by atoms with E-state index in [0.717, 1.165) is 17.7 Å². The van der Waals surface area contributed by atoms with Crippen LogP contribution in [0.2, 0.25) is 0 Å². The molecular formula is C16H21N3O2S2. The molecule has 2 heterocycles. The van der Waals surface area contributed by atoms with E-state index in [1.54, 1.807) is 13.1 Å². The van der Waals surface area contributed by atoms with Crippen LogP contribution in [0.4, 0.5) is 0 Å². The summed E-state index contributed by atoms with van der Waals surface area (Å²) in [6, 6.07) is 2.10. The summed E-state index contributed by atoms with van der Waals surface area (Å²) < 4.78 is 1.53. The Kier molecular flexibility index (Phi) is 5.06. The number of thioether (sulfide) groups is 1. The Labute approximate surface area is 143 Å². The third kappa shape index (κ3) is 3.61. The van der Waals surface area contributed by atoms with Gasteiger partial charge in [-0.1, -0.05) is 31.0 Å². The van der Waals surface area contributed by atoms with Crippen molar-refractivity contribution in [2.75, 3.05) is 0 Å². The highest BCUT2D eigenvalue weighted by Crippen LogP contribution is 2.24. The first-order valence-electron chi connectivity index (χ1n) is 7.97. The van der Waals surface area contributed by atoms with Crippen LogP contribution in [0.1, 0.15) is 39.0 Å². The zero-order valence-electron chi connectivity index (χ0n) is 13.4. The van der Waals surface area contributed by atoms with Gasteiger partial charge in [0.05, 0.1) is 10.6 Å². The highest BCUT2D eigenvalue weighted by molar-refractivity contribution is 8.00. The molecule has 1 amide bonds.